The van der Waals surface area contributed by atoms with Gasteiger partial charge in [0.15, 0.2) is 14.6 Å². The number of likely N-dealkylation sites (tertiary alicyclic amines) is 1. The predicted octanol–water partition coefficient (Wildman–Crippen LogP) is 2.71. The van der Waals surface area contributed by atoms with Crippen molar-refractivity contribution in [2.45, 2.75) is 61.1 Å². The predicted molar refractivity (Wildman–Crippen MR) is 105 cm³/mol. The highest BCUT2D eigenvalue weighted by atomic mass is 35.5. The van der Waals surface area contributed by atoms with Crippen LogP contribution in [0.3, 0.4) is 0 Å². The summed E-state index contributed by atoms with van der Waals surface area (Å²) in [5, 5.41) is 3.23. The van der Waals surface area contributed by atoms with Gasteiger partial charge >= 0.3 is 0 Å². The molecule has 1 N–H and O–H groups in total. The fourth-order valence-corrected chi connectivity index (χ4v) is 6.30. The monoisotopic (exact) mass is 400 g/mol. The average molecular weight is 401 g/mol. The Balaban J connectivity index is 0.00000243. The summed E-state index contributed by atoms with van der Waals surface area (Å²) >= 11 is 0. The molecule has 1 heterocycles. The van der Waals surface area contributed by atoms with Gasteiger partial charge in [-0.2, -0.15) is 0 Å². The molecule has 1 unspecified atom stereocenters. The fraction of sp³-hybridized carbons (Fsp3) is 0.632. The maximum absolute atomic E-state index is 13.4. The Morgan fingerprint density at radius 2 is 1.77 bits per heavy atom. The number of hydrogen-bond acceptors (Lipinski definition) is 4. The number of rotatable bonds is 4. The summed E-state index contributed by atoms with van der Waals surface area (Å²) in [6.07, 6.45) is 4.39. The van der Waals surface area contributed by atoms with Crippen molar-refractivity contribution in [2.75, 3.05) is 20.1 Å². The number of aryl methyl sites for hydroxylation is 1. The van der Waals surface area contributed by atoms with E-state index in [1.165, 1.54) is 0 Å². The summed E-state index contributed by atoms with van der Waals surface area (Å²) in [5.74, 6) is -0.189. The third-order valence-corrected chi connectivity index (χ3v) is 8.27. The number of nitrogens with one attached hydrogen (secondary N) is 1. The Morgan fingerprint density at radius 3 is 2.35 bits per heavy atom. The highest BCUT2D eigenvalue weighted by Crippen LogP contribution is 2.42. The number of hydrogen-bond donors (Lipinski definition) is 1. The van der Waals surface area contributed by atoms with Gasteiger partial charge in [-0.1, -0.05) is 30.5 Å². The maximum Gasteiger partial charge on any atom is 0.244 e. The molecule has 1 aromatic carbocycles. The van der Waals surface area contributed by atoms with Crippen molar-refractivity contribution in [2.24, 2.45) is 0 Å². The first kappa shape index (κ1) is 21.2. The second kappa shape index (κ2) is 8.28. The molecule has 1 aromatic rings. The quantitative estimate of drug-likeness (QED) is 0.843. The van der Waals surface area contributed by atoms with Crippen LogP contribution in [0.1, 0.15) is 44.1 Å². The van der Waals surface area contributed by atoms with Crippen molar-refractivity contribution in [1.82, 2.24) is 10.2 Å². The number of sulfone groups is 1. The largest absolute Gasteiger partial charge is 0.340 e. The van der Waals surface area contributed by atoms with Crippen molar-refractivity contribution < 1.29 is 13.2 Å². The Morgan fingerprint density at radius 1 is 1.15 bits per heavy atom. The smallest absolute Gasteiger partial charge is 0.244 e. The molecule has 2 fully saturated rings. The van der Waals surface area contributed by atoms with E-state index >= 15 is 0 Å². The molecule has 0 spiro atoms. The van der Waals surface area contributed by atoms with E-state index in [0.717, 1.165) is 31.2 Å². The summed E-state index contributed by atoms with van der Waals surface area (Å²) in [6, 6.07) is 7.14. The molecule has 1 aliphatic heterocycles. The second-order valence-electron chi connectivity index (χ2n) is 7.40. The summed E-state index contributed by atoms with van der Waals surface area (Å²) in [5.41, 5.74) is 1.01. The highest BCUT2D eigenvalue weighted by molar-refractivity contribution is 7.93. The number of benzene rings is 1. The minimum absolute atomic E-state index is 0. The standard InChI is InChI=1S/C19H28N2O3S.ClH/c1-15-7-9-17(10-8-15)25(23,24)19(11-3-4-12-19)18(22)21-13-5-6-16(14-21)20-2;/h7-10,16,20H,3-6,11-14H2,1-2H3;1H. The zero-order valence-electron chi connectivity index (χ0n) is 15.5. The van der Waals surface area contributed by atoms with Crippen LogP contribution in [-0.2, 0) is 14.6 Å². The summed E-state index contributed by atoms with van der Waals surface area (Å²) in [4.78, 5) is 15.4. The number of nitrogens with zero attached hydrogens (tertiary/aromatic N) is 1. The third-order valence-electron chi connectivity index (χ3n) is 5.76. The zero-order valence-corrected chi connectivity index (χ0v) is 17.2. The van der Waals surface area contributed by atoms with Gasteiger partial charge in [0.05, 0.1) is 4.90 Å². The molecule has 1 atom stereocenters. The molecule has 3 rings (SSSR count). The normalized spacial score (nSPS) is 22.7. The lowest BCUT2D eigenvalue weighted by Gasteiger charge is -2.38. The van der Waals surface area contributed by atoms with E-state index in [0.29, 0.717) is 25.9 Å². The van der Waals surface area contributed by atoms with E-state index in [2.05, 4.69) is 5.32 Å². The van der Waals surface area contributed by atoms with Crippen LogP contribution in [0.4, 0.5) is 0 Å². The van der Waals surface area contributed by atoms with Crippen LogP contribution in [0.5, 0.6) is 0 Å². The first-order chi connectivity index (χ1) is 11.9. The average Bonchev–Trinajstić information content (AvgIpc) is 3.13. The molecule has 26 heavy (non-hydrogen) atoms. The van der Waals surface area contributed by atoms with Crippen molar-refractivity contribution in [3.05, 3.63) is 29.8 Å². The van der Waals surface area contributed by atoms with E-state index < -0.39 is 14.6 Å². The Kier molecular flexibility index (Phi) is 6.75. The lowest BCUT2D eigenvalue weighted by molar-refractivity contribution is -0.135. The molecule has 0 aromatic heterocycles. The number of likely N-dealkylation sites (N-methyl/N-ethyl adjacent to an activating group) is 1. The second-order valence-corrected chi connectivity index (χ2v) is 9.66. The first-order valence-electron chi connectivity index (χ1n) is 9.19. The van der Waals surface area contributed by atoms with E-state index in [4.69, 9.17) is 0 Å². The van der Waals surface area contributed by atoms with E-state index in [1.54, 1.807) is 29.2 Å². The van der Waals surface area contributed by atoms with Crippen molar-refractivity contribution in [3.8, 4) is 0 Å². The summed E-state index contributed by atoms with van der Waals surface area (Å²) in [7, 11) is -1.81. The van der Waals surface area contributed by atoms with E-state index in [-0.39, 0.29) is 29.3 Å². The highest BCUT2D eigenvalue weighted by Gasteiger charge is 2.54. The number of carbonyl (C=O) groups excluding carboxylic acids is 1. The fourth-order valence-electron chi connectivity index (χ4n) is 4.17. The molecule has 1 saturated heterocycles. The van der Waals surface area contributed by atoms with Crippen LogP contribution in [0, 0.1) is 6.92 Å². The third kappa shape index (κ3) is 3.64. The van der Waals surface area contributed by atoms with Crippen LogP contribution in [0.2, 0.25) is 0 Å². The van der Waals surface area contributed by atoms with Crippen molar-refractivity contribution in [1.29, 1.82) is 0 Å². The van der Waals surface area contributed by atoms with Gasteiger partial charge in [-0.3, -0.25) is 4.79 Å². The molecule has 146 valence electrons. The lowest BCUT2D eigenvalue weighted by atomic mass is 10.0. The number of carbonyl (C=O) groups is 1. The van der Waals surface area contributed by atoms with Gasteiger partial charge in [0.1, 0.15) is 0 Å². The number of piperidine rings is 1. The van der Waals surface area contributed by atoms with Gasteiger partial charge in [-0.05, 0) is 51.8 Å². The van der Waals surface area contributed by atoms with Gasteiger partial charge in [0.2, 0.25) is 5.91 Å². The first-order valence-corrected chi connectivity index (χ1v) is 10.7. The van der Waals surface area contributed by atoms with E-state index in [9.17, 15) is 13.2 Å². The Labute approximate surface area is 162 Å². The minimum Gasteiger partial charge on any atom is -0.340 e. The molecule has 1 aliphatic carbocycles. The Bertz CT molecular complexity index is 728. The van der Waals surface area contributed by atoms with Crippen LogP contribution < -0.4 is 5.32 Å². The van der Waals surface area contributed by atoms with Crippen LogP contribution >= 0.6 is 12.4 Å². The van der Waals surface area contributed by atoms with Crippen molar-refractivity contribution >= 4 is 28.2 Å². The minimum atomic E-state index is -3.70. The van der Waals surface area contributed by atoms with Gasteiger partial charge in [0.25, 0.3) is 0 Å². The van der Waals surface area contributed by atoms with Crippen LogP contribution in [0.25, 0.3) is 0 Å². The van der Waals surface area contributed by atoms with Crippen LogP contribution in [0.15, 0.2) is 29.2 Å². The molecule has 0 radical (unpaired) electrons. The number of halogens is 1. The summed E-state index contributed by atoms with van der Waals surface area (Å²) in [6.45, 7) is 3.18. The van der Waals surface area contributed by atoms with Crippen molar-refractivity contribution in [3.63, 3.8) is 0 Å². The van der Waals surface area contributed by atoms with Gasteiger partial charge in [-0.15, -0.1) is 12.4 Å². The zero-order chi connectivity index (χ0) is 18.1. The molecule has 7 heteroatoms. The molecule has 2 aliphatic rings. The topological polar surface area (TPSA) is 66.5 Å². The lowest BCUT2D eigenvalue weighted by Crippen LogP contribution is -2.56. The maximum atomic E-state index is 13.4. The molecule has 5 nitrogen and oxygen atoms in total. The van der Waals surface area contributed by atoms with E-state index in [1.807, 2.05) is 14.0 Å². The van der Waals surface area contributed by atoms with Gasteiger partial charge < -0.3 is 10.2 Å². The molecular formula is C19H29ClN2O3S. The van der Waals surface area contributed by atoms with Gasteiger partial charge in [-0.25, -0.2) is 8.42 Å². The van der Waals surface area contributed by atoms with Gasteiger partial charge in [0, 0.05) is 19.1 Å². The molecule has 1 saturated carbocycles. The molecular weight excluding hydrogens is 372 g/mol. The molecule has 1 amide bonds. The molecule has 0 bridgehead atoms. The Hall–Kier alpha value is -1.11. The number of amides is 1. The summed E-state index contributed by atoms with van der Waals surface area (Å²) < 4.78 is 25.6. The SMILES string of the molecule is CNC1CCCN(C(=O)C2(S(=O)(=O)c3ccc(C)cc3)CCCC2)C1.Cl. The van der Waals surface area contributed by atoms with Crippen LogP contribution in [-0.4, -0.2) is 50.2 Å².